The summed E-state index contributed by atoms with van der Waals surface area (Å²) in [5.41, 5.74) is 1.41. The van der Waals surface area contributed by atoms with Crippen molar-refractivity contribution in [3.05, 3.63) is 11.6 Å². The van der Waals surface area contributed by atoms with Crippen LogP contribution >= 0.6 is 0 Å². The molecule has 0 aromatic carbocycles. The van der Waals surface area contributed by atoms with Gasteiger partial charge in [0.1, 0.15) is 5.78 Å². The Bertz CT molecular complexity index is 264. The van der Waals surface area contributed by atoms with Gasteiger partial charge in [-0.2, -0.15) is 0 Å². The number of epoxide rings is 1. The zero-order valence-electron chi connectivity index (χ0n) is 10.3. The normalized spacial score (nSPS) is 24.0. The van der Waals surface area contributed by atoms with Crippen LogP contribution in [0.1, 0.15) is 53.4 Å². The molecular weight excluding hydrogens is 188 g/mol. The summed E-state index contributed by atoms with van der Waals surface area (Å²) in [6.45, 7) is 8.25. The van der Waals surface area contributed by atoms with E-state index in [1.54, 1.807) is 0 Å². The summed E-state index contributed by atoms with van der Waals surface area (Å²) in [5, 5.41) is 0. The third kappa shape index (κ3) is 4.17. The second-order valence-electron chi connectivity index (χ2n) is 4.90. The van der Waals surface area contributed by atoms with Gasteiger partial charge in [-0.15, -0.1) is 0 Å². The number of rotatable bonds is 6. The van der Waals surface area contributed by atoms with Crippen LogP contribution in [0, 0.1) is 0 Å². The molecule has 0 aromatic rings. The first kappa shape index (κ1) is 12.4. The highest BCUT2D eigenvalue weighted by Crippen LogP contribution is 2.38. The maximum absolute atomic E-state index is 11.1. The van der Waals surface area contributed by atoms with Gasteiger partial charge in [-0.25, -0.2) is 0 Å². The minimum absolute atomic E-state index is 0.0967. The van der Waals surface area contributed by atoms with Gasteiger partial charge in [0.25, 0.3) is 0 Å². The van der Waals surface area contributed by atoms with E-state index in [2.05, 4.69) is 26.8 Å². The predicted molar refractivity (Wildman–Crippen MR) is 61.9 cm³/mol. The molecule has 86 valence electrons. The van der Waals surface area contributed by atoms with Crippen LogP contribution in [0.4, 0.5) is 0 Å². The van der Waals surface area contributed by atoms with Crippen molar-refractivity contribution in [2.75, 3.05) is 0 Å². The Kier molecular flexibility index (Phi) is 4.09. The van der Waals surface area contributed by atoms with Crippen molar-refractivity contribution in [2.24, 2.45) is 0 Å². The van der Waals surface area contributed by atoms with Crippen LogP contribution in [0.2, 0.25) is 0 Å². The summed E-state index contributed by atoms with van der Waals surface area (Å²) in [6, 6.07) is 0. The summed E-state index contributed by atoms with van der Waals surface area (Å²) in [4.78, 5) is 11.1. The second kappa shape index (κ2) is 4.93. The average Bonchev–Trinajstić information content (AvgIpc) is 2.79. The van der Waals surface area contributed by atoms with E-state index in [9.17, 15) is 4.79 Å². The quantitative estimate of drug-likeness (QED) is 0.497. The molecule has 0 aromatic heterocycles. The highest BCUT2D eigenvalue weighted by Gasteiger charge is 2.46. The molecule has 0 aliphatic carbocycles. The molecule has 1 heterocycles. The van der Waals surface area contributed by atoms with E-state index >= 15 is 0 Å². The number of hydrogen-bond acceptors (Lipinski definition) is 2. The van der Waals surface area contributed by atoms with E-state index in [0.717, 1.165) is 12.8 Å². The standard InChI is InChI=1S/C13H22O2/c1-5-11(14)8-6-10(2)7-9-12-13(3,4)15-12/h6,12H,5,7-9H2,1-4H3. The molecular formula is C13H22O2. The van der Waals surface area contributed by atoms with Gasteiger partial charge in [0, 0.05) is 12.8 Å². The number of carbonyl (C=O) groups is 1. The minimum atomic E-state index is 0.0967. The van der Waals surface area contributed by atoms with Crippen LogP contribution in [0.15, 0.2) is 11.6 Å². The Labute approximate surface area is 92.7 Å². The maximum Gasteiger partial charge on any atom is 0.136 e. The van der Waals surface area contributed by atoms with Gasteiger partial charge in [0.2, 0.25) is 0 Å². The van der Waals surface area contributed by atoms with Crippen LogP contribution < -0.4 is 0 Å². The number of carbonyl (C=O) groups excluding carboxylic acids is 1. The van der Waals surface area contributed by atoms with Crippen molar-refractivity contribution in [2.45, 2.75) is 65.1 Å². The van der Waals surface area contributed by atoms with Gasteiger partial charge in [-0.1, -0.05) is 18.6 Å². The van der Waals surface area contributed by atoms with E-state index in [-0.39, 0.29) is 5.60 Å². The Morgan fingerprint density at radius 3 is 2.53 bits per heavy atom. The summed E-state index contributed by atoms with van der Waals surface area (Å²) >= 11 is 0. The lowest BCUT2D eigenvalue weighted by molar-refractivity contribution is -0.117. The molecule has 0 amide bonds. The van der Waals surface area contributed by atoms with Crippen molar-refractivity contribution in [3.63, 3.8) is 0 Å². The van der Waals surface area contributed by atoms with Gasteiger partial charge in [0.15, 0.2) is 0 Å². The van der Waals surface area contributed by atoms with E-state index in [1.807, 2.05) is 6.92 Å². The fourth-order valence-corrected chi connectivity index (χ4v) is 1.63. The van der Waals surface area contributed by atoms with Gasteiger partial charge in [-0.05, 0) is 33.6 Å². The summed E-state index contributed by atoms with van der Waals surface area (Å²) in [7, 11) is 0. The highest BCUT2D eigenvalue weighted by molar-refractivity contribution is 5.79. The van der Waals surface area contributed by atoms with Crippen LogP contribution in [0.25, 0.3) is 0 Å². The molecule has 1 saturated heterocycles. The molecule has 1 atom stereocenters. The van der Waals surface area contributed by atoms with Crippen molar-refractivity contribution >= 4 is 5.78 Å². The Balaban J connectivity index is 2.18. The topological polar surface area (TPSA) is 29.6 Å². The monoisotopic (exact) mass is 210 g/mol. The number of ketones is 1. The average molecular weight is 210 g/mol. The molecule has 1 fully saturated rings. The molecule has 0 radical (unpaired) electrons. The Hall–Kier alpha value is -0.630. The van der Waals surface area contributed by atoms with Crippen LogP contribution in [0.5, 0.6) is 0 Å². The van der Waals surface area contributed by atoms with Gasteiger partial charge >= 0.3 is 0 Å². The van der Waals surface area contributed by atoms with Crippen LogP contribution in [0.3, 0.4) is 0 Å². The number of hydrogen-bond donors (Lipinski definition) is 0. The lowest BCUT2D eigenvalue weighted by Crippen LogP contribution is -2.02. The van der Waals surface area contributed by atoms with Crippen molar-refractivity contribution < 1.29 is 9.53 Å². The Morgan fingerprint density at radius 1 is 1.47 bits per heavy atom. The highest BCUT2D eigenvalue weighted by atomic mass is 16.6. The summed E-state index contributed by atoms with van der Waals surface area (Å²) in [5.74, 6) is 0.317. The molecule has 1 aliphatic rings. The molecule has 0 N–H and O–H groups in total. The van der Waals surface area contributed by atoms with E-state index in [1.165, 1.54) is 5.57 Å². The van der Waals surface area contributed by atoms with Crippen molar-refractivity contribution in [1.29, 1.82) is 0 Å². The third-order valence-electron chi connectivity index (χ3n) is 3.04. The smallest absolute Gasteiger partial charge is 0.136 e. The first-order valence-electron chi connectivity index (χ1n) is 5.81. The number of Topliss-reactive ketones (excluding diaryl/α,β-unsaturated/α-hetero) is 1. The van der Waals surface area contributed by atoms with Gasteiger partial charge in [-0.3, -0.25) is 4.79 Å². The third-order valence-corrected chi connectivity index (χ3v) is 3.04. The molecule has 0 saturated carbocycles. The lowest BCUT2D eigenvalue weighted by Gasteiger charge is -2.00. The SMILES string of the molecule is CCC(=O)CC=C(C)CCC1OC1(C)C. The van der Waals surface area contributed by atoms with E-state index in [0.29, 0.717) is 24.7 Å². The summed E-state index contributed by atoms with van der Waals surface area (Å²) < 4.78 is 5.51. The zero-order chi connectivity index (χ0) is 11.5. The van der Waals surface area contributed by atoms with Crippen molar-refractivity contribution in [1.82, 2.24) is 0 Å². The van der Waals surface area contributed by atoms with E-state index < -0.39 is 0 Å². The molecule has 1 unspecified atom stereocenters. The molecule has 1 aliphatic heterocycles. The van der Waals surface area contributed by atoms with Crippen LogP contribution in [-0.2, 0) is 9.53 Å². The van der Waals surface area contributed by atoms with Crippen LogP contribution in [-0.4, -0.2) is 17.5 Å². The Morgan fingerprint density at radius 2 is 2.07 bits per heavy atom. The molecule has 0 bridgehead atoms. The molecule has 15 heavy (non-hydrogen) atoms. The lowest BCUT2D eigenvalue weighted by atomic mass is 10.0. The van der Waals surface area contributed by atoms with E-state index in [4.69, 9.17) is 4.74 Å². The molecule has 1 rings (SSSR count). The maximum atomic E-state index is 11.1. The minimum Gasteiger partial charge on any atom is -0.367 e. The van der Waals surface area contributed by atoms with Gasteiger partial charge < -0.3 is 4.74 Å². The largest absolute Gasteiger partial charge is 0.367 e. The molecule has 0 spiro atoms. The van der Waals surface area contributed by atoms with Crippen molar-refractivity contribution in [3.8, 4) is 0 Å². The predicted octanol–water partition coefficient (Wildman–Crippen LogP) is 3.26. The van der Waals surface area contributed by atoms with Gasteiger partial charge in [0.05, 0.1) is 11.7 Å². The first-order chi connectivity index (χ1) is 6.95. The summed E-state index contributed by atoms with van der Waals surface area (Å²) in [6.07, 6.45) is 5.84. The number of allylic oxidation sites excluding steroid dienone is 2. The molecule has 2 nitrogen and oxygen atoms in total. The molecule has 2 heteroatoms. The first-order valence-corrected chi connectivity index (χ1v) is 5.81. The zero-order valence-corrected chi connectivity index (χ0v) is 10.3. The number of ether oxygens (including phenoxy) is 1. The fraction of sp³-hybridized carbons (Fsp3) is 0.769. The second-order valence-corrected chi connectivity index (χ2v) is 4.90. The fourth-order valence-electron chi connectivity index (χ4n) is 1.63.